The number of hydrogen-bond donors (Lipinski definition) is 6. The number of phenols is 5. The van der Waals surface area contributed by atoms with Gasteiger partial charge in [-0.2, -0.15) is 0 Å². The molecule has 6 radical (unpaired) electrons. The van der Waals surface area contributed by atoms with E-state index in [-0.39, 0.29) is 294 Å². The van der Waals surface area contributed by atoms with Crippen LogP contribution in [0.5, 0.6) is 34.5 Å². The van der Waals surface area contributed by atoms with E-state index in [0.717, 1.165) is 18.2 Å². The van der Waals surface area contributed by atoms with Gasteiger partial charge in [-0.3, -0.25) is 0 Å². The van der Waals surface area contributed by atoms with Crippen LogP contribution in [0.2, 0.25) is 0 Å². The van der Waals surface area contributed by atoms with E-state index in [9.17, 15) is 30.6 Å². The zero-order valence-electron chi connectivity index (χ0n) is 14.7. The van der Waals surface area contributed by atoms with Gasteiger partial charge in [0, 0.05) is 294 Å². The molecule has 2 aromatic carbocycles. The van der Waals surface area contributed by atoms with E-state index >= 15 is 0 Å². The predicted molar refractivity (Wildman–Crippen MR) is 74.3 cm³/mol. The van der Waals surface area contributed by atoms with E-state index in [1.807, 2.05) is 0 Å². The Labute approximate surface area is 377 Å². The van der Waals surface area contributed by atoms with E-state index in [1.165, 1.54) is 6.07 Å². The maximum absolute atomic E-state index is 10.2. The molecule has 1 aliphatic heterocycles. The minimum absolute atomic E-state index is 0. The number of benzene rings is 2. The fourth-order valence-corrected chi connectivity index (χ4v) is 2.54. The Morgan fingerprint density at radius 2 is 1.21 bits per heavy atom. The summed E-state index contributed by atoms with van der Waals surface area (Å²) in [5.41, 5.74) is 0.600. The van der Waals surface area contributed by atoms with Crippen LogP contribution in [0.25, 0.3) is 0 Å². The van der Waals surface area contributed by atoms with Gasteiger partial charge in [0.2, 0.25) is 0 Å². The van der Waals surface area contributed by atoms with Crippen molar-refractivity contribution < 1.29 is 300 Å². The van der Waals surface area contributed by atoms with E-state index in [4.69, 9.17) is 4.74 Å². The van der Waals surface area contributed by atoms with Crippen LogP contribution in [0.4, 0.5) is 0 Å². The molecule has 13 heteroatoms. The molecule has 0 amide bonds. The molecule has 0 bridgehead atoms. The number of rotatable bonds is 1. The van der Waals surface area contributed by atoms with Gasteiger partial charge in [0.25, 0.3) is 0 Å². The molecule has 28 heavy (non-hydrogen) atoms. The summed E-state index contributed by atoms with van der Waals surface area (Å²) >= 11 is 0. The van der Waals surface area contributed by atoms with E-state index in [2.05, 4.69) is 0 Å². The van der Waals surface area contributed by atoms with Gasteiger partial charge >= 0.3 is 0 Å². The molecule has 1 aliphatic rings. The van der Waals surface area contributed by atoms with E-state index in [0.29, 0.717) is 5.56 Å². The molecule has 6 N–H and O–H groups in total. The molecule has 134 valence electrons. The van der Waals surface area contributed by atoms with Crippen LogP contribution in [0, 0.1) is 264 Å². The Bertz CT molecular complexity index is 739. The summed E-state index contributed by atoms with van der Waals surface area (Å²) in [7, 11) is 0. The van der Waals surface area contributed by atoms with Gasteiger partial charge in [0.1, 0.15) is 17.2 Å². The van der Waals surface area contributed by atoms with Crippen molar-refractivity contribution in [1.29, 1.82) is 0 Å². The first-order valence-corrected chi connectivity index (χ1v) is 6.51. The summed E-state index contributed by atoms with van der Waals surface area (Å²) in [5, 5.41) is 57.9. The molecule has 0 unspecified atom stereocenters. The van der Waals surface area contributed by atoms with Crippen LogP contribution in [-0.2, 0) is 6.42 Å². The number of ether oxygens (including phenoxy) is 1. The average molecular weight is 1670 g/mol. The minimum atomic E-state index is -1.05. The Hall–Kier alpha value is 5.85. The van der Waals surface area contributed by atoms with Crippen LogP contribution < -0.4 is 4.74 Å². The number of phenolic OH excluding ortho intramolecular Hbond substituents is 5. The number of fused-ring (bicyclic) bond motifs is 1. The van der Waals surface area contributed by atoms with Crippen LogP contribution in [0.15, 0.2) is 24.3 Å². The third-order valence-electron chi connectivity index (χ3n) is 3.61. The number of aromatic hydroxyl groups is 5. The van der Waals surface area contributed by atoms with E-state index < -0.39 is 29.5 Å². The topological polar surface area (TPSA) is 131 Å². The first kappa shape index (κ1) is 41.0. The normalized spacial score (nSPS) is 15.9. The van der Waals surface area contributed by atoms with Crippen LogP contribution >= 0.6 is 0 Å². The zero-order chi connectivity index (χ0) is 16.0. The van der Waals surface area contributed by atoms with Crippen molar-refractivity contribution in [3.8, 4) is 34.5 Å². The van der Waals surface area contributed by atoms with Crippen molar-refractivity contribution in [3.05, 3.63) is 35.4 Å². The van der Waals surface area contributed by atoms with Crippen molar-refractivity contribution in [2.45, 2.75) is 18.6 Å². The average Bonchev–Trinajstić information content (AvgIpc) is 2.44. The quantitative estimate of drug-likeness (QED) is 0.238. The van der Waals surface area contributed by atoms with Crippen LogP contribution in [-0.4, -0.2) is 36.7 Å². The molecule has 0 fully saturated rings. The molecule has 0 aliphatic carbocycles. The third kappa shape index (κ3) is 10.5. The number of hydrogen-bond acceptors (Lipinski definition) is 7. The van der Waals surface area contributed by atoms with Gasteiger partial charge in [0.15, 0.2) is 23.4 Å². The number of aliphatic hydroxyl groups is 1. The fourth-order valence-electron chi connectivity index (χ4n) is 2.54. The Kier molecular flexibility index (Phi) is 27.9. The summed E-state index contributed by atoms with van der Waals surface area (Å²) < 4.78 is 5.57. The minimum Gasteiger partial charge on any atom is -0.508 e. The van der Waals surface area contributed by atoms with E-state index in [1.54, 1.807) is 0 Å². The van der Waals surface area contributed by atoms with Crippen molar-refractivity contribution in [2.75, 3.05) is 0 Å². The van der Waals surface area contributed by atoms with Crippen molar-refractivity contribution in [1.82, 2.24) is 0 Å². The number of aliphatic hydroxyl groups excluding tert-OH is 1. The molecule has 3 rings (SSSR count). The smallest absolute Gasteiger partial charge is 0.200 e. The molecule has 2 aromatic rings. The van der Waals surface area contributed by atoms with Crippen LogP contribution in [0.1, 0.15) is 17.2 Å². The molecular formula is C15H14Ac6O7. The van der Waals surface area contributed by atoms with Crippen molar-refractivity contribution in [2.24, 2.45) is 0 Å². The Morgan fingerprint density at radius 1 is 0.714 bits per heavy atom. The molecule has 0 saturated heterocycles. The van der Waals surface area contributed by atoms with Gasteiger partial charge in [-0.1, -0.05) is 0 Å². The maximum Gasteiger partial charge on any atom is 0.200 e. The van der Waals surface area contributed by atoms with Crippen molar-refractivity contribution >= 4 is 0 Å². The standard InChI is InChI=1S/C15H14O7.6Ac/c16-7-3-9(17)8-5-12(20)15(22-13(8)4-7)6-1-10(18)14(21)11(19)2-6;;;;;;/h1-4,12,15-21H,5H2;;;;;;/t12-,15+;;;;;;/m1....../s1. The monoisotopic (exact) mass is 1670 g/mol. The first-order chi connectivity index (χ1) is 10.4. The second kappa shape index (κ2) is 19.0. The van der Waals surface area contributed by atoms with Gasteiger partial charge in [-0.15, -0.1) is 0 Å². The predicted octanol–water partition coefficient (Wildman–Crippen LogP) is 1.25. The summed E-state index contributed by atoms with van der Waals surface area (Å²) in [6, 6.07) is 4.77. The molecule has 1 heterocycles. The largest absolute Gasteiger partial charge is 0.508 e. The van der Waals surface area contributed by atoms with Gasteiger partial charge in [-0.25, -0.2) is 0 Å². The molecule has 7 nitrogen and oxygen atoms in total. The van der Waals surface area contributed by atoms with Gasteiger partial charge in [-0.05, 0) is 12.1 Å². The van der Waals surface area contributed by atoms with Gasteiger partial charge < -0.3 is 35.4 Å². The third-order valence-corrected chi connectivity index (χ3v) is 3.61. The Morgan fingerprint density at radius 3 is 1.71 bits per heavy atom. The maximum atomic E-state index is 10.2. The van der Waals surface area contributed by atoms with Crippen LogP contribution in [0.3, 0.4) is 0 Å². The van der Waals surface area contributed by atoms with Gasteiger partial charge in [0.05, 0.1) is 6.10 Å². The summed E-state index contributed by atoms with van der Waals surface area (Å²) in [6.07, 6.45) is -1.92. The summed E-state index contributed by atoms with van der Waals surface area (Å²) in [5.74, 6) is -1.94. The molecular weight excluding hydrogens is 1650 g/mol. The van der Waals surface area contributed by atoms with Crippen molar-refractivity contribution in [3.63, 3.8) is 0 Å². The first-order valence-electron chi connectivity index (χ1n) is 6.51. The Balaban J connectivity index is -0.000000480. The zero-order valence-corrected chi connectivity index (χ0v) is 43.2. The SMILES string of the molecule is Oc1cc(O)c2c(c1)O[C@@H](c1cc(O)c(O)c(O)c1)[C@H](O)C2.[Ac].[Ac].[Ac].[Ac].[Ac].[Ac]. The molecule has 0 spiro atoms. The molecule has 0 saturated carbocycles. The fraction of sp³-hybridized carbons (Fsp3) is 0.200. The second-order valence-corrected chi connectivity index (χ2v) is 5.16. The summed E-state index contributed by atoms with van der Waals surface area (Å²) in [4.78, 5) is 0. The summed E-state index contributed by atoms with van der Waals surface area (Å²) in [6.45, 7) is 0. The molecule has 0 aromatic heterocycles. The molecule has 2 atom stereocenters. The second-order valence-electron chi connectivity index (χ2n) is 5.16.